The van der Waals surface area contributed by atoms with Gasteiger partial charge in [0, 0.05) is 12.1 Å². The molecule has 0 aliphatic heterocycles. The van der Waals surface area contributed by atoms with E-state index in [0.717, 1.165) is 25.0 Å². The molecule has 0 heterocycles. The zero-order valence-corrected chi connectivity index (χ0v) is 9.91. The van der Waals surface area contributed by atoms with Gasteiger partial charge in [0.15, 0.2) is 5.78 Å². The van der Waals surface area contributed by atoms with Gasteiger partial charge in [-0.05, 0) is 38.9 Å². The summed E-state index contributed by atoms with van der Waals surface area (Å²) in [6.07, 6.45) is 2.17. The van der Waals surface area contributed by atoms with Crippen LogP contribution in [-0.4, -0.2) is 29.8 Å². The van der Waals surface area contributed by atoms with Crippen LogP contribution >= 0.6 is 0 Å². The lowest BCUT2D eigenvalue weighted by Crippen LogP contribution is -2.37. The van der Waals surface area contributed by atoms with Gasteiger partial charge < -0.3 is 0 Å². The molecule has 0 bridgehead atoms. The molecule has 1 saturated carbocycles. The van der Waals surface area contributed by atoms with Gasteiger partial charge in [-0.25, -0.2) is 8.78 Å². The van der Waals surface area contributed by atoms with Crippen molar-refractivity contribution < 1.29 is 13.6 Å². The highest BCUT2D eigenvalue weighted by Gasteiger charge is 2.33. The molecule has 0 N–H and O–H groups in total. The molecule has 1 aromatic carbocycles. The Morgan fingerprint density at radius 1 is 1.41 bits per heavy atom. The zero-order chi connectivity index (χ0) is 12.6. The number of likely N-dealkylation sites (N-methyl/N-ethyl adjacent to an activating group) is 1. The number of carbonyl (C=O) groups is 1. The van der Waals surface area contributed by atoms with Crippen LogP contribution in [0.5, 0.6) is 0 Å². The molecule has 1 aromatic rings. The van der Waals surface area contributed by atoms with Gasteiger partial charge in [0.25, 0.3) is 0 Å². The third-order valence-corrected chi connectivity index (χ3v) is 3.31. The highest BCUT2D eigenvalue weighted by molar-refractivity contribution is 6.00. The van der Waals surface area contributed by atoms with Crippen molar-refractivity contribution in [2.45, 2.75) is 31.8 Å². The van der Waals surface area contributed by atoms with Crippen LogP contribution < -0.4 is 0 Å². The van der Waals surface area contributed by atoms with Gasteiger partial charge in [0.1, 0.15) is 11.6 Å². The molecule has 17 heavy (non-hydrogen) atoms. The van der Waals surface area contributed by atoms with E-state index in [0.29, 0.717) is 6.04 Å². The maximum Gasteiger partial charge on any atom is 0.182 e. The van der Waals surface area contributed by atoms with Gasteiger partial charge in [-0.15, -0.1) is 0 Å². The van der Waals surface area contributed by atoms with Crippen LogP contribution in [0.2, 0.25) is 0 Å². The van der Waals surface area contributed by atoms with Gasteiger partial charge in [-0.3, -0.25) is 9.69 Å². The molecule has 0 radical (unpaired) electrons. The molecule has 1 aliphatic rings. The monoisotopic (exact) mass is 239 g/mol. The topological polar surface area (TPSA) is 20.3 Å². The first kappa shape index (κ1) is 12.2. The third-order valence-electron chi connectivity index (χ3n) is 3.31. The average Bonchev–Trinajstić information content (AvgIpc) is 3.10. The van der Waals surface area contributed by atoms with E-state index >= 15 is 0 Å². The van der Waals surface area contributed by atoms with Crippen molar-refractivity contribution in [3.05, 3.63) is 35.4 Å². The quantitative estimate of drug-likeness (QED) is 0.753. The predicted molar refractivity (Wildman–Crippen MR) is 60.9 cm³/mol. The molecular weight excluding hydrogens is 224 g/mol. The van der Waals surface area contributed by atoms with Crippen LogP contribution in [0.4, 0.5) is 8.78 Å². The summed E-state index contributed by atoms with van der Waals surface area (Å²) in [6.45, 7) is 1.75. The lowest BCUT2D eigenvalue weighted by Gasteiger charge is -2.23. The highest BCUT2D eigenvalue weighted by atomic mass is 19.1. The van der Waals surface area contributed by atoms with Crippen molar-refractivity contribution in [2.24, 2.45) is 0 Å². The number of halogens is 2. The number of ketones is 1. The number of hydrogen-bond acceptors (Lipinski definition) is 2. The number of hydrogen-bond donors (Lipinski definition) is 0. The van der Waals surface area contributed by atoms with E-state index < -0.39 is 11.6 Å². The SMILES string of the molecule is CC(C(=O)c1ccc(F)cc1F)N(C)C1CC1. The first-order valence-electron chi connectivity index (χ1n) is 5.72. The van der Waals surface area contributed by atoms with Crippen LogP contribution in [-0.2, 0) is 0 Å². The normalized spacial score (nSPS) is 17.2. The average molecular weight is 239 g/mol. The van der Waals surface area contributed by atoms with Gasteiger partial charge in [0.2, 0.25) is 0 Å². The van der Waals surface area contributed by atoms with Crippen molar-refractivity contribution in [3.63, 3.8) is 0 Å². The van der Waals surface area contributed by atoms with Crippen molar-refractivity contribution >= 4 is 5.78 Å². The van der Waals surface area contributed by atoms with E-state index in [4.69, 9.17) is 0 Å². The maximum atomic E-state index is 13.5. The first-order chi connectivity index (χ1) is 8.00. The van der Waals surface area contributed by atoms with Crippen LogP contribution in [0.15, 0.2) is 18.2 Å². The minimum Gasteiger partial charge on any atom is -0.294 e. The Bertz CT molecular complexity index is 443. The number of benzene rings is 1. The van der Waals surface area contributed by atoms with Gasteiger partial charge in [-0.1, -0.05) is 0 Å². The number of nitrogens with zero attached hydrogens (tertiary/aromatic N) is 1. The molecule has 1 atom stereocenters. The number of Topliss-reactive ketones (excluding diaryl/α,β-unsaturated/α-hetero) is 1. The van der Waals surface area contributed by atoms with E-state index in [1.54, 1.807) is 6.92 Å². The smallest absolute Gasteiger partial charge is 0.182 e. The summed E-state index contributed by atoms with van der Waals surface area (Å²) in [4.78, 5) is 14.0. The van der Waals surface area contributed by atoms with Crippen molar-refractivity contribution in [1.82, 2.24) is 4.90 Å². The molecule has 1 fully saturated rings. The molecule has 0 spiro atoms. The minimum absolute atomic E-state index is 0.0357. The van der Waals surface area contributed by atoms with Crippen LogP contribution in [0.25, 0.3) is 0 Å². The van der Waals surface area contributed by atoms with Gasteiger partial charge in [-0.2, -0.15) is 0 Å². The highest BCUT2D eigenvalue weighted by Crippen LogP contribution is 2.28. The second-order valence-corrected chi connectivity index (χ2v) is 4.56. The summed E-state index contributed by atoms with van der Waals surface area (Å²) in [7, 11) is 1.86. The first-order valence-corrected chi connectivity index (χ1v) is 5.72. The second-order valence-electron chi connectivity index (χ2n) is 4.56. The van der Waals surface area contributed by atoms with E-state index in [1.165, 1.54) is 6.07 Å². The Hall–Kier alpha value is -1.29. The Morgan fingerprint density at radius 3 is 2.59 bits per heavy atom. The van der Waals surface area contributed by atoms with E-state index in [-0.39, 0.29) is 17.4 Å². The fraction of sp³-hybridized carbons (Fsp3) is 0.462. The summed E-state index contributed by atoms with van der Waals surface area (Å²) in [5.41, 5.74) is -0.0357. The Labute approximate surface area is 99.2 Å². The summed E-state index contributed by atoms with van der Waals surface area (Å²) in [6, 6.07) is 3.13. The molecule has 4 heteroatoms. The van der Waals surface area contributed by atoms with Crippen molar-refractivity contribution in [2.75, 3.05) is 7.05 Å². The molecule has 0 amide bonds. The lowest BCUT2D eigenvalue weighted by molar-refractivity contribution is 0.0857. The van der Waals surface area contributed by atoms with Crippen LogP contribution in [0.1, 0.15) is 30.1 Å². The molecule has 92 valence electrons. The van der Waals surface area contributed by atoms with Crippen molar-refractivity contribution in [3.8, 4) is 0 Å². The largest absolute Gasteiger partial charge is 0.294 e. The molecule has 2 rings (SSSR count). The van der Waals surface area contributed by atoms with E-state index in [9.17, 15) is 13.6 Å². The molecule has 1 aliphatic carbocycles. The van der Waals surface area contributed by atoms with E-state index in [2.05, 4.69) is 0 Å². The number of rotatable bonds is 4. The molecule has 0 saturated heterocycles. The molecule has 0 aromatic heterocycles. The second kappa shape index (κ2) is 4.53. The lowest BCUT2D eigenvalue weighted by atomic mass is 10.0. The van der Waals surface area contributed by atoms with Crippen LogP contribution in [0, 0.1) is 11.6 Å². The van der Waals surface area contributed by atoms with Gasteiger partial charge in [0.05, 0.1) is 11.6 Å². The summed E-state index contributed by atoms with van der Waals surface area (Å²) in [5, 5.41) is 0. The van der Waals surface area contributed by atoms with Crippen molar-refractivity contribution in [1.29, 1.82) is 0 Å². The standard InChI is InChI=1S/C13H15F2NO/c1-8(16(2)10-4-5-10)13(17)11-6-3-9(14)7-12(11)15/h3,6-8,10H,4-5H2,1-2H3. The van der Waals surface area contributed by atoms with Crippen LogP contribution in [0.3, 0.4) is 0 Å². The fourth-order valence-electron chi connectivity index (χ4n) is 1.90. The summed E-state index contributed by atoms with van der Waals surface area (Å²) >= 11 is 0. The fourth-order valence-corrected chi connectivity index (χ4v) is 1.90. The predicted octanol–water partition coefficient (Wildman–Crippen LogP) is 2.63. The van der Waals surface area contributed by atoms with Gasteiger partial charge >= 0.3 is 0 Å². The Balaban J connectivity index is 2.18. The molecular formula is C13H15F2NO. The summed E-state index contributed by atoms with van der Waals surface area (Å²) < 4.78 is 26.2. The summed E-state index contributed by atoms with van der Waals surface area (Å²) in [5.74, 6) is -1.75. The Morgan fingerprint density at radius 2 is 2.06 bits per heavy atom. The zero-order valence-electron chi connectivity index (χ0n) is 9.91. The van der Waals surface area contributed by atoms with E-state index in [1.807, 2.05) is 11.9 Å². The maximum absolute atomic E-state index is 13.5. The molecule has 1 unspecified atom stereocenters. The minimum atomic E-state index is -0.786. The molecule has 2 nitrogen and oxygen atoms in total. The Kier molecular flexibility index (Phi) is 3.24. The number of carbonyl (C=O) groups excluding carboxylic acids is 1. The third kappa shape index (κ3) is 2.52.